The van der Waals surface area contributed by atoms with E-state index in [2.05, 4.69) is 18.5 Å². The van der Waals surface area contributed by atoms with Crippen molar-refractivity contribution < 1.29 is 0 Å². The van der Waals surface area contributed by atoms with E-state index in [1.807, 2.05) is 0 Å². The molecule has 44 valence electrons. The van der Waals surface area contributed by atoms with Crippen molar-refractivity contribution >= 4 is 18.5 Å². The van der Waals surface area contributed by atoms with Crippen LogP contribution in [0.3, 0.4) is 0 Å². The molecule has 0 aromatic heterocycles. The molecule has 0 heterocycles. The first-order valence-corrected chi connectivity index (χ1v) is 4.45. The Kier molecular flexibility index (Phi) is 7.70. The highest BCUT2D eigenvalue weighted by molar-refractivity contribution is 7.16. The van der Waals surface area contributed by atoms with E-state index >= 15 is 0 Å². The van der Waals surface area contributed by atoms with Gasteiger partial charge in [0, 0.05) is 0 Å². The van der Waals surface area contributed by atoms with Crippen molar-refractivity contribution in [2.75, 3.05) is 12.3 Å². The molecule has 0 aliphatic heterocycles. The van der Waals surface area contributed by atoms with Crippen LogP contribution in [0.1, 0.15) is 19.3 Å². The third-order valence-electron chi connectivity index (χ3n) is 0.908. The van der Waals surface area contributed by atoms with Crippen LogP contribution >= 0.6 is 18.5 Å². The molecule has 2 atom stereocenters. The van der Waals surface area contributed by atoms with Crippen LogP contribution in [0.4, 0.5) is 0 Å². The van der Waals surface area contributed by atoms with Gasteiger partial charge in [-0.3, -0.25) is 0 Å². The monoisotopic (exact) mass is 136 g/mol. The summed E-state index contributed by atoms with van der Waals surface area (Å²) < 4.78 is 0. The maximum absolute atomic E-state index is 2.74. The summed E-state index contributed by atoms with van der Waals surface area (Å²) in [4.78, 5) is 0. The van der Waals surface area contributed by atoms with Crippen LogP contribution in [-0.2, 0) is 0 Å². The van der Waals surface area contributed by atoms with Crippen molar-refractivity contribution in [2.45, 2.75) is 19.3 Å². The number of rotatable bonds is 4. The summed E-state index contributed by atoms with van der Waals surface area (Å²) >= 11 is 0. The lowest BCUT2D eigenvalue weighted by Crippen LogP contribution is -1.76. The van der Waals surface area contributed by atoms with Gasteiger partial charge in [-0.2, -0.15) is 0 Å². The molecular formula is C5H14P2. The molecule has 2 unspecified atom stereocenters. The fourth-order valence-electron chi connectivity index (χ4n) is 0.465. The Balaban J connectivity index is 2.45. The van der Waals surface area contributed by atoms with Crippen molar-refractivity contribution in [3.63, 3.8) is 0 Å². The second kappa shape index (κ2) is 6.86. The SMILES string of the molecule is PCCCCCP. The first-order valence-electron chi connectivity index (χ1n) is 2.82. The van der Waals surface area contributed by atoms with Crippen molar-refractivity contribution in [3.8, 4) is 0 Å². The molecule has 0 radical (unpaired) electrons. The fraction of sp³-hybridized carbons (Fsp3) is 1.00. The van der Waals surface area contributed by atoms with E-state index in [9.17, 15) is 0 Å². The fourth-order valence-corrected chi connectivity index (χ4v) is 1.04. The van der Waals surface area contributed by atoms with Gasteiger partial charge in [-0.05, 0) is 25.2 Å². The average molecular weight is 136 g/mol. The summed E-state index contributed by atoms with van der Waals surface area (Å²) in [5.74, 6) is 0. The minimum absolute atomic E-state index is 1.27. The van der Waals surface area contributed by atoms with Crippen LogP contribution in [0.5, 0.6) is 0 Å². The molecule has 0 N–H and O–H groups in total. The topological polar surface area (TPSA) is 0 Å². The van der Waals surface area contributed by atoms with Crippen LogP contribution in [0.15, 0.2) is 0 Å². The zero-order chi connectivity index (χ0) is 5.54. The number of unbranched alkanes of at least 4 members (excludes halogenated alkanes) is 2. The lowest BCUT2D eigenvalue weighted by atomic mass is 10.3. The molecular weight excluding hydrogens is 122 g/mol. The molecule has 2 heteroatoms. The number of hydrogen-bond donors (Lipinski definition) is 0. The maximum Gasteiger partial charge on any atom is -0.0381 e. The van der Waals surface area contributed by atoms with E-state index < -0.39 is 0 Å². The molecule has 0 aromatic rings. The van der Waals surface area contributed by atoms with Gasteiger partial charge < -0.3 is 0 Å². The molecule has 0 aromatic carbocycles. The summed E-state index contributed by atoms with van der Waals surface area (Å²) in [5, 5.41) is 0. The first-order chi connectivity index (χ1) is 3.41. The molecule has 0 amide bonds. The van der Waals surface area contributed by atoms with E-state index in [1.165, 1.54) is 31.6 Å². The average Bonchev–Trinajstić information content (AvgIpc) is 1.69. The van der Waals surface area contributed by atoms with Crippen LogP contribution in [0.25, 0.3) is 0 Å². The molecule has 0 saturated carbocycles. The van der Waals surface area contributed by atoms with Crippen LogP contribution < -0.4 is 0 Å². The van der Waals surface area contributed by atoms with E-state index in [1.54, 1.807) is 0 Å². The van der Waals surface area contributed by atoms with E-state index in [0.717, 1.165) is 0 Å². The van der Waals surface area contributed by atoms with E-state index in [0.29, 0.717) is 0 Å². The van der Waals surface area contributed by atoms with E-state index in [-0.39, 0.29) is 0 Å². The molecule has 0 nitrogen and oxygen atoms in total. The summed E-state index contributed by atoms with van der Waals surface area (Å²) in [6, 6.07) is 0. The molecule has 0 saturated heterocycles. The molecule has 7 heavy (non-hydrogen) atoms. The highest BCUT2D eigenvalue weighted by Crippen LogP contribution is 1.99. The lowest BCUT2D eigenvalue weighted by molar-refractivity contribution is 0.786. The van der Waals surface area contributed by atoms with Gasteiger partial charge >= 0.3 is 0 Å². The third kappa shape index (κ3) is 6.86. The standard InChI is InChI=1S/C5H14P2/c6-4-2-1-3-5-7/h1-7H2. The van der Waals surface area contributed by atoms with Crippen molar-refractivity contribution in [2.24, 2.45) is 0 Å². The lowest BCUT2D eigenvalue weighted by Gasteiger charge is -1.90. The Labute approximate surface area is 50.9 Å². The van der Waals surface area contributed by atoms with Gasteiger partial charge in [-0.1, -0.05) is 6.42 Å². The van der Waals surface area contributed by atoms with Crippen LogP contribution in [0, 0.1) is 0 Å². The number of hydrogen-bond acceptors (Lipinski definition) is 0. The highest BCUT2D eigenvalue weighted by atomic mass is 31.0. The third-order valence-corrected chi connectivity index (χ3v) is 1.72. The Morgan fingerprint density at radius 3 is 1.43 bits per heavy atom. The van der Waals surface area contributed by atoms with Gasteiger partial charge in [-0.25, -0.2) is 0 Å². The molecule has 0 bridgehead atoms. The predicted octanol–water partition coefficient (Wildman–Crippen LogP) is 1.91. The normalized spacial score (nSPS) is 9.43. The van der Waals surface area contributed by atoms with Crippen LogP contribution in [0.2, 0.25) is 0 Å². The van der Waals surface area contributed by atoms with Crippen molar-refractivity contribution in [3.05, 3.63) is 0 Å². The molecule has 0 fully saturated rings. The molecule has 0 spiro atoms. The second-order valence-corrected chi connectivity index (χ2v) is 2.79. The Morgan fingerprint density at radius 2 is 1.14 bits per heavy atom. The molecule has 0 rings (SSSR count). The van der Waals surface area contributed by atoms with Crippen molar-refractivity contribution in [1.29, 1.82) is 0 Å². The molecule has 0 aliphatic rings. The summed E-state index contributed by atoms with van der Waals surface area (Å²) in [6.45, 7) is 0. The zero-order valence-electron chi connectivity index (χ0n) is 4.69. The maximum atomic E-state index is 2.74. The minimum atomic E-state index is 1.27. The largest absolute Gasteiger partial charge is 0.138 e. The van der Waals surface area contributed by atoms with Gasteiger partial charge in [-0.15, -0.1) is 18.5 Å². The highest BCUT2D eigenvalue weighted by Gasteiger charge is 1.80. The Morgan fingerprint density at radius 1 is 0.714 bits per heavy atom. The summed E-state index contributed by atoms with van der Waals surface area (Å²) in [7, 11) is 5.49. The minimum Gasteiger partial charge on any atom is -0.138 e. The quantitative estimate of drug-likeness (QED) is 0.409. The second-order valence-electron chi connectivity index (χ2n) is 1.64. The van der Waals surface area contributed by atoms with E-state index in [4.69, 9.17) is 0 Å². The van der Waals surface area contributed by atoms with Gasteiger partial charge in [0.15, 0.2) is 0 Å². The summed E-state index contributed by atoms with van der Waals surface area (Å²) in [6.07, 6.45) is 6.68. The Bertz CT molecular complexity index is 25.3. The van der Waals surface area contributed by atoms with Gasteiger partial charge in [0.25, 0.3) is 0 Å². The predicted molar refractivity (Wildman–Crippen MR) is 43.0 cm³/mol. The van der Waals surface area contributed by atoms with Crippen molar-refractivity contribution in [1.82, 2.24) is 0 Å². The van der Waals surface area contributed by atoms with Gasteiger partial charge in [0.1, 0.15) is 0 Å². The summed E-state index contributed by atoms with van der Waals surface area (Å²) in [5.41, 5.74) is 0. The Hall–Kier alpha value is 0.860. The van der Waals surface area contributed by atoms with Gasteiger partial charge in [0.2, 0.25) is 0 Å². The molecule has 0 aliphatic carbocycles. The smallest absolute Gasteiger partial charge is 0.0381 e. The van der Waals surface area contributed by atoms with Gasteiger partial charge in [0.05, 0.1) is 0 Å². The zero-order valence-corrected chi connectivity index (χ0v) is 7.00. The van der Waals surface area contributed by atoms with Crippen LogP contribution in [-0.4, -0.2) is 12.3 Å². The first kappa shape index (κ1) is 7.86.